The number of nitrogens with two attached hydrogens (primary N) is 1. The van der Waals surface area contributed by atoms with Crippen molar-refractivity contribution in [3.63, 3.8) is 0 Å². The number of Topliss-reactive ketones (excluding diaryl/α,β-unsaturated/α-hetero) is 4. The molecule has 5 rings (SSSR count). The van der Waals surface area contributed by atoms with Crippen LogP contribution in [0.2, 0.25) is 0 Å². The number of carbonyl (C=O) groups excluding carboxylic acids is 5. The molecule has 12 nitrogen and oxygen atoms in total. The minimum atomic E-state index is -2.76. The fourth-order valence-electron chi connectivity index (χ4n) is 7.37. The second kappa shape index (κ2) is 10.9. The Morgan fingerprint density at radius 1 is 1.21 bits per heavy atom. The van der Waals surface area contributed by atoms with Crippen LogP contribution in [0, 0.1) is 23.7 Å². The molecular weight excluding hydrogens is 554 g/mol. The van der Waals surface area contributed by atoms with E-state index in [-0.39, 0.29) is 24.2 Å². The van der Waals surface area contributed by atoms with E-state index in [1.807, 2.05) is 37.9 Å². The third kappa shape index (κ3) is 4.64. The Kier molecular flexibility index (Phi) is 7.74. The molecule has 3 aliphatic rings. The highest BCUT2D eigenvalue weighted by atomic mass is 16.3. The van der Waals surface area contributed by atoms with E-state index in [4.69, 9.17) is 5.73 Å². The molecule has 2 unspecified atom stereocenters. The van der Waals surface area contributed by atoms with Gasteiger partial charge in [0.1, 0.15) is 5.75 Å². The van der Waals surface area contributed by atoms with E-state index in [2.05, 4.69) is 10.2 Å². The first-order valence-corrected chi connectivity index (χ1v) is 14.3. The number of phenols is 1. The molecule has 43 heavy (non-hydrogen) atoms. The predicted molar refractivity (Wildman–Crippen MR) is 155 cm³/mol. The number of aliphatic hydroxyl groups is 1. The number of hydrogen-bond donors (Lipinski definition) is 4. The van der Waals surface area contributed by atoms with Gasteiger partial charge in [0.25, 0.3) is 0 Å². The Morgan fingerprint density at radius 2 is 1.91 bits per heavy atom. The number of allylic oxidation sites excluding steroid dienone is 1. The largest absolute Gasteiger partial charge is 0.507 e. The van der Waals surface area contributed by atoms with Crippen molar-refractivity contribution in [1.82, 2.24) is 20.0 Å². The molecule has 12 heteroatoms. The van der Waals surface area contributed by atoms with Crippen LogP contribution in [-0.2, 0) is 32.1 Å². The summed E-state index contributed by atoms with van der Waals surface area (Å²) in [5, 5.41) is 30.2. The molecule has 2 fully saturated rings. The lowest BCUT2D eigenvalue weighted by molar-refractivity contribution is -0.181. The number of phenolic OH excluding ortho intramolecular Hbond substituents is 1. The number of primary amides is 1. The Balaban J connectivity index is 1.65. The van der Waals surface area contributed by atoms with Crippen molar-refractivity contribution in [3.05, 3.63) is 46.8 Å². The molecule has 228 valence electrons. The third-order valence-electron chi connectivity index (χ3n) is 9.40. The van der Waals surface area contributed by atoms with Gasteiger partial charge in [-0.1, -0.05) is 11.6 Å². The molecule has 0 saturated heterocycles. The van der Waals surface area contributed by atoms with Gasteiger partial charge in [0.05, 0.1) is 23.7 Å². The first-order valence-electron chi connectivity index (χ1n) is 14.3. The smallest absolute Gasteiger partial charge is 0.235 e. The van der Waals surface area contributed by atoms with Crippen molar-refractivity contribution >= 4 is 29.0 Å². The van der Waals surface area contributed by atoms with Crippen LogP contribution in [0.25, 0.3) is 11.1 Å². The van der Waals surface area contributed by atoms with Crippen LogP contribution in [0.1, 0.15) is 41.8 Å². The van der Waals surface area contributed by atoms with Gasteiger partial charge in [-0.15, -0.1) is 0 Å². The Morgan fingerprint density at radius 3 is 2.49 bits per heavy atom. The number of rotatable bonds is 7. The summed E-state index contributed by atoms with van der Waals surface area (Å²) in [5.74, 6) is -10.7. The summed E-state index contributed by atoms with van der Waals surface area (Å²) in [5.41, 5.74) is 6.08. The maximum atomic E-state index is 14.3. The van der Waals surface area contributed by atoms with E-state index in [0.29, 0.717) is 35.3 Å². The average molecular weight is 592 g/mol. The van der Waals surface area contributed by atoms with Crippen LogP contribution in [0.3, 0.4) is 0 Å². The Bertz CT molecular complexity index is 1560. The monoisotopic (exact) mass is 591 g/mol. The highest BCUT2D eigenvalue weighted by Crippen LogP contribution is 2.52. The van der Waals surface area contributed by atoms with Crippen molar-refractivity contribution in [2.45, 2.75) is 44.9 Å². The van der Waals surface area contributed by atoms with E-state index >= 15 is 0 Å². The molecule has 2 saturated carbocycles. The molecule has 1 amide bonds. The highest BCUT2D eigenvalue weighted by Gasteiger charge is 2.69. The summed E-state index contributed by atoms with van der Waals surface area (Å²) in [6.07, 6.45) is 5.43. The Hall–Kier alpha value is -4.00. The van der Waals surface area contributed by atoms with Crippen LogP contribution >= 0.6 is 0 Å². The van der Waals surface area contributed by atoms with Crippen LogP contribution < -0.4 is 5.73 Å². The molecule has 1 heterocycles. The van der Waals surface area contributed by atoms with Crippen LogP contribution in [0.4, 0.5) is 0 Å². The van der Waals surface area contributed by atoms with Gasteiger partial charge in [0.2, 0.25) is 5.91 Å². The van der Waals surface area contributed by atoms with Gasteiger partial charge in [-0.3, -0.25) is 38.9 Å². The van der Waals surface area contributed by atoms with Gasteiger partial charge in [-0.25, -0.2) is 0 Å². The molecule has 0 bridgehead atoms. The highest BCUT2D eigenvalue weighted by molar-refractivity contribution is 6.32. The summed E-state index contributed by atoms with van der Waals surface area (Å²) >= 11 is 0. The second-order valence-corrected chi connectivity index (χ2v) is 12.4. The number of nitrogens with zero attached hydrogens (tertiary/aromatic N) is 3. The number of hydrogen-bond acceptors (Lipinski definition) is 10. The predicted octanol–water partition coefficient (Wildman–Crippen LogP) is 0.655. The number of aromatic amines is 1. The molecule has 1 aromatic carbocycles. The van der Waals surface area contributed by atoms with Crippen molar-refractivity contribution in [2.75, 3.05) is 27.7 Å². The molecule has 1 aromatic heterocycles. The average Bonchev–Trinajstić information content (AvgIpc) is 3.46. The molecular formula is C31H37N5O7. The zero-order valence-corrected chi connectivity index (χ0v) is 24.9. The van der Waals surface area contributed by atoms with Crippen LogP contribution in [0.15, 0.2) is 30.1 Å². The molecule has 2 aromatic rings. The van der Waals surface area contributed by atoms with Crippen LogP contribution in [-0.4, -0.2) is 98.6 Å². The van der Waals surface area contributed by atoms with Gasteiger partial charge in [0.15, 0.2) is 34.7 Å². The molecule has 0 spiro atoms. The number of amides is 1. The fraction of sp³-hybridized carbons (Fsp3) is 0.484. The van der Waals surface area contributed by atoms with Gasteiger partial charge < -0.3 is 15.9 Å². The first kappa shape index (κ1) is 30.5. The molecule has 3 aliphatic carbocycles. The van der Waals surface area contributed by atoms with Crippen molar-refractivity contribution < 1.29 is 34.2 Å². The maximum Gasteiger partial charge on any atom is 0.235 e. The van der Waals surface area contributed by atoms with Crippen LogP contribution in [0.5, 0.6) is 5.75 Å². The summed E-state index contributed by atoms with van der Waals surface area (Å²) < 4.78 is 0. The summed E-state index contributed by atoms with van der Waals surface area (Å²) in [4.78, 5) is 70.9. The fourth-order valence-corrected chi connectivity index (χ4v) is 7.37. The van der Waals surface area contributed by atoms with E-state index in [9.17, 15) is 34.2 Å². The zero-order chi connectivity index (χ0) is 31.5. The van der Waals surface area contributed by atoms with E-state index in [1.54, 1.807) is 26.5 Å². The number of nitrogens with one attached hydrogen (secondary N) is 1. The van der Waals surface area contributed by atoms with Gasteiger partial charge >= 0.3 is 0 Å². The normalized spacial score (nSPS) is 29.1. The Labute approximate surface area is 248 Å². The maximum absolute atomic E-state index is 14.3. The molecule has 0 aliphatic heterocycles. The number of H-pyrrole nitrogens is 1. The third-order valence-corrected chi connectivity index (χ3v) is 9.40. The lowest BCUT2D eigenvalue weighted by atomic mass is 9.52. The van der Waals surface area contributed by atoms with E-state index in [1.165, 1.54) is 4.90 Å². The number of fused-ring (bicyclic) bond motifs is 3. The number of carbonyl (C=O) groups is 5. The SMILES string of the molecule is CC=C(C)CN(C)Cc1cc(-c2cn[nH]c2)c2c(c1O)C(=O)C1C(=O)[C@]3(O)C(=O)C(C(N)=O)C(=O)[C@@H](N(C)C)[C@@H]3C[C@@H]1C2. The van der Waals surface area contributed by atoms with Crippen molar-refractivity contribution in [1.29, 1.82) is 0 Å². The number of aromatic nitrogens is 2. The molecule has 0 radical (unpaired) electrons. The van der Waals surface area contributed by atoms with Crippen molar-refractivity contribution in [3.8, 4) is 16.9 Å². The lowest BCUT2D eigenvalue weighted by Gasteiger charge is -2.52. The minimum Gasteiger partial charge on any atom is -0.507 e. The summed E-state index contributed by atoms with van der Waals surface area (Å²) in [6.45, 7) is 4.83. The molecule has 5 N–H and O–H groups in total. The first-order chi connectivity index (χ1) is 20.2. The minimum absolute atomic E-state index is 0.0113. The second-order valence-electron chi connectivity index (χ2n) is 12.4. The molecule has 6 atom stereocenters. The number of benzene rings is 1. The number of ketones is 4. The number of likely N-dealkylation sites (N-methyl/N-ethyl adjacent to an activating group) is 2. The quantitative estimate of drug-likeness (QED) is 0.263. The topological polar surface area (TPSA) is 187 Å². The summed E-state index contributed by atoms with van der Waals surface area (Å²) in [7, 11) is 4.99. The zero-order valence-electron chi connectivity index (χ0n) is 24.9. The van der Waals surface area contributed by atoms with Gasteiger partial charge in [0, 0.05) is 36.3 Å². The number of aromatic hydroxyl groups is 1. The standard InChI is InChI=1S/C31H37N5O7/c1-6-14(2)12-36(5)13-16-8-18(17-10-33-34-11-17)19-7-15-9-20-24(35(3)4)27(39)23(30(32)42)29(41)31(20,43)28(40)21(15)26(38)22(19)25(16)37/h6,8,10-11,15,20-21,23-24,37,43H,7,9,12-13H2,1-5H3,(H2,32,42)(H,33,34)/t15-,20-,21?,23?,24-,31-/m0/s1. The van der Waals surface area contributed by atoms with E-state index in [0.717, 1.165) is 5.57 Å². The lowest BCUT2D eigenvalue weighted by Crippen LogP contribution is -2.74. The van der Waals surface area contributed by atoms with Crippen molar-refractivity contribution in [2.24, 2.45) is 29.4 Å². The van der Waals surface area contributed by atoms with Gasteiger partial charge in [-0.2, -0.15) is 5.10 Å². The van der Waals surface area contributed by atoms with E-state index < -0.39 is 64.4 Å². The summed E-state index contributed by atoms with van der Waals surface area (Å²) in [6, 6.07) is 0.671. The van der Waals surface area contributed by atoms with Gasteiger partial charge in [-0.05, 0) is 70.9 Å².